The maximum atomic E-state index is 11.9. The highest BCUT2D eigenvalue weighted by atomic mass is 35.5. The Morgan fingerprint density at radius 1 is 1.24 bits per heavy atom. The predicted octanol–water partition coefficient (Wildman–Crippen LogP) is 3.85. The second-order valence-electron chi connectivity index (χ2n) is 5.51. The Kier molecular flexibility index (Phi) is 5.46. The zero-order valence-corrected chi connectivity index (χ0v) is 15.1. The van der Waals surface area contributed by atoms with E-state index in [1.54, 1.807) is 18.2 Å². The molecule has 1 amide bonds. The van der Waals surface area contributed by atoms with E-state index in [0.717, 1.165) is 16.9 Å². The summed E-state index contributed by atoms with van der Waals surface area (Å²) in [4.78, 5) is 16.4. The first-order valence-electron chi connectivity index (χ1n) is 7.81. The van der Waals surface area contributed by atoms with Crippen LogP contribution in [0.25, 0.3) is 11.0 Å². The van der Waals surface area contributed by atoms with Crippen molar-refractivity contribution in [3.05, 3.63) is 58.3 Å². The summed E-state index contributed by atoms with van der Waals surface area (Å²) in [7, 11) is 0. The Morgan fingerprint density at radius 3 is 2.84 bits per heavy atom. The monoisotopic (exact) mass is 377 g/mol. The van der Waals surface area contributed by atoms with Gasteiger partial charge in [0, 0.05) is 18.1 Å². The van der Waals surface area contributed by atoms with Crippen LogP contribution in [0, 0.1) is 6.92 Å². The summed E-state index contributed by atoms with van der Waals surface area (Å²) < 4.78 is 7.49. The SMILES string of the molecule is Cc1nc2ccccc2n1CCNC(=O)COc1ccc(Cl)cc1Cl. The topological polar surface area (TPSA) is 56.2 Å². The van der Waals surface area contributed by atoms with Crippen molar-refractivity contribution in [2.75, 3.05) is 13.2 Å². The zero-order chi connectivity index (χ0) is 17.8. The zero-order valence-electron chi connectivity index (χ0n) is 13.6. The van der Waals surface area contributed by atoms with Crippen molar-refractivity contribution in [3.8, 4) is 5.75 Å². The molecule has 7 heteroatoms. The number of benzene rings is 2. The van der Waals surface area contributed by atoms with Gasteiger partial charge in [-0.05, 0) is 37.3 Å². The van der Waals surface area contributed by atoms with Gasteiger partial charge in [-0.3, -0.25) is 4.79 Å². The average Bonchev–Trinajstić information content (AvgIpc) is 2.90. The number of fused-ring (bicyclic) bond motifs is 1. The molecule has 1 aromatic heterocycles. The number of nitrogens with zero attached hydrogens (tertiary/aromatic N) is 2. The van der Waals surface area contributed by atoms with E-state index in [9.17, 15) is 4.79 Å². The lowest BCUT2D eigenvalue weighted by Gasteiger charge is -2.10. The van der Waals surface area contributed by atoms with Gasteiger partial charge < -0.3 is 14.6 Å². The van der Waals surface area contributed by atoms with E-state index in [4.69, 9.17) is 27.9 Å². The van der Waals surface area contributed by atoms with Crippen molar-refractivity contribution in [2.45, 2.75) is 13.5 Å². The number of ether oxygens (including phenoxy) is 1. The smallest absolute Gasteiger partial charge is 0.258 e. The van der Waals surface area contributed by atoms with Crippen LogP contribution < -0.4 is 10.1 Å². The van der Waals surface area contributed by atoms with Crippen molar-refractivity contribution in [2.24, 2.45) is 0 Å². The van der Waals surface area contributed by atoms with Gasteiger partial charge in [0.1, 0.15) is 11.6 Å². The molecule has 3 aromatic rings. The van der Waals surface area contributed by atoms with Crippen LogP contribution in [-0.2, 0) is 11.3 Å². The minimum absolute atomic E-state index is 0.106. The number of hydrogen-bond donors (Lipinski definition) is 1. The lowest BCUT2D eigenvalue weighted by Crippen LogP contribution is -2.31. The molecule has 0 unspecified atom stereocenters. The van der Waals surface area contributed by atoms with Crippen molar-refractivity contribution >= 4 is 40.1 Å². The van der Waals surface area contributed by atoms with Crippen LogP contribution >= 0.6 is 23.2 Å². The van der Waals surface area contributed by atoms with Crippen molar-refractivity contribution < 1.29 is 9.53 Å². The van der Waals surface area contributed by atoms with Gasteiger partial charge in [-0.1, -0.05) is 35.3 Å². The molecule has 0 aliphatic heterocycles. The van der Waals surface area contributed by atoms with Crippen molar-refractivity contribution in [3.63, 3.8) is 0 Å². The fourth-order valence-electron chi connectivity index (χ4n) is 2.57. The highest BCUT2D eigenvalue weighted by Crippen LogP contribution is 2.27. The molecule has 0 bridgehead atoms. The maximum absolute atomic E-state index is 11.9. The maximum Gasteiger partial charge on any atom is 0.258 e. The summed E-state index contributed by atoms with van der Waals surface area (Å²) in [6.45, 7) is 2.97. The number of carbonyl (C=O) groups is 1. The molecule has 0 aliphatic carbocycles. The van der Waals surface area contributed by atoms with E-state index in [1.165, 1.54) is 0 Å². The molecule has 2 aromatic carbocycles. The van der Waals surface area contributed by atoms with Crippen LogP contribution in [0.2, 0.25) is 10.0 Å². The Labute approximate surface area is 155 Å². The molecule has 0 saturated carbocycles. The normalized spacial score (nSPS) is 10.8. The summed E-state index contributed by atoms with van der Waals surface area (Å²) in [5.41, 5.74) is 2.01. The molecular formula is C18H17Cl2N3O2. The molecule has 3 rings (SSSR count). The fraction of sp³-hybridized carbons (Fsp3) is 0.222. The molecule has 5 nitrogen and oxygen atoms in total. The molecule has 0 radical (unpaired) electrons. The van der Waals surface area contributed by atoms with Gasteiger partial charge in [-0.25, -0.2) is 4.98 Å². The van der Waals surface area contributed by atoms with Gasteiger partial charge in [0.15, 0.2) is 6.61 Å². The molecule has 0 saturated heterocycles. The van der Waals surface area contributed by atoms with Gasteiger partial charge in [0.05, 0.1) is 16.1 Å². The van der Waals surface area contributed by atoms with Crippen LogP contribution in [0.5, 0.6) is 5.75 Å². The molecule has 1 heterocycles. The number of para-hydroxylation sites is 2. The molecule has 0 atom stereocenters. The molecule has 130 valence electrons. The van der Waals surface area contributed by atoms with Gasteiger partial charge in [0.25, 0.3) is 5.91 Å². The van der Waals surface area contributed by atoms with Crippen LogP contribution in [0.4, 0.5) is 0 Å². The van der Waals surface area contributed by atoms with Gasteiger partial charge in [0.2, 0.25) is 0 Å². The first kappa shape index (κ1) is 17.6. The van der Waals surface area contributed by atoms with Gasteiger partial charge in [-0.15, -0.1) is 0 Å². The molecular weight excluding hydrogens is 361 g/mol. The van der Waals surface area contributed by atoms with Crippen LogP contribution in [0.15, 0.2) is 42.5 Å². The number of halogens is 2. The highest BCUT2D eigenvalue weighted by molar-refractivity contribution is 6.35. The second kappa shape index (κ2) is 7.76. The third kappa shape index (κ3) is 4.24. The standard InChI is InChI=1S/C18H17Cl2N3O2/c1-12-22-15-4-2-3-5-16(15)23(12)9-8-21-18(24)11-25-17-7-6-13(19)10-14(17)20/h2-7,10H,8-9,11H2,1H3,(H,21,24). The number of aromatic nitrogens is 2. The molecule has 0 aliphatic rings. The number of aryl methyl sites for hydroxylation is 1. The number of hydrogen-bond acceptors (Lipinski definition) is 3. The van der Waals surface area contributed by atoms with Crippen LogP contribution in [-0.4, -0.2) is 28.6 Å². The van der Waals surface area contributed by atoms with Crippen LogP contribution in [0.1, 0.15) is 5.82 Å². The summed E-state index contributed by atoms with van der Waals surface area (Å²) >= 11 is 11.8. The van der Waals surface area contributed by atoms with E-state index in [1.807, 2.05) is 31.2 Å². The highest BCUT2D eigenvalue weighted by Gasteiger charge is 2.08. The number of nitrogens with one attached hydrogen (secondary N) is 1. The Bertz CT molecular complexity index is 908. The van der Waals surface area contributed by atoms with E-state index in [-0.39, 0.29) is 12.5 Å². The summed E-state index contributed by atoms with van der Waals surface area (Å²) in [6, 6.07) is 12.8. The van der Waals surface area contributed by atoms with E-state index < -0.39 is 0 Å². The minimum atomic E-state index is -0.215. The third-order valence-corrected chi connectivity index (χ3v) is 4.29. The van der Waals surface area contributed by atoms with Gasteiger partial charge >= 0.3 is 0 Å². The lowest BCUT2D eigenvalue weighted by molar-refractivity contribution is -0.123. The van der Waals surface area contributed by atoms with Crippen LogP contribution in [0.3, 0.4) is 0 Å². The largest absolute Gasteiger partial charge is 0.482 e. The molecule has 1 N–H and O–H groups in total. The quantitative estimate of drug-likeness (QED) is 0.709. The van der Waals surface area contributed by atoms with E-state index in [0.29, 0.717) is 28.9 Å². The summed E-state index contributed by atoms with van der Waals surface area (Å²) in [6.07, 6.45) is 0. The first-order valence-corrected chi connectivity index (χ1v) is 8.56. The second-order valence-corrected chi connectivity index (χ2v) is 6.36. The van der Waals surface area contributed by atoms with E-state index in [2.05, 4.69) is 14.9 Å². The lowest BCUT2D eigenvalue weighted by atomic mass is 10.3. The fourth-order valence-corrected chi connectivity index (χ4v) is 3.03. The van der Waals surface area contributed by atoms with E-state index >= 15 is 0 Å². The predicted molar refractivity (Wildman–Crippen MR) is 99.4 cm³/mol. The number of imidazole rings is 1. The molecule has 0 fully saturated rings. The third-order valence-electron chi connectivity index (χ3n) is 3.76. The average molecular weight is 378 g/mol. The number of amides is 1. The summed E-state index contributed by atoms with van der Waals surface area (Å²) in [5.74, 6) is 1.13. The van der Waals surface area contributed by atoms with Gasteiger partial charge in [-0.2, -0.15) is 0 Å². The number of carbonyl (C=O) groups excluding carboxylic acids is 1. The number of rotatable bonds is 6. The van der Waals surface area contributed by atoms with Crippen molar-refractivity contribution in [1.82, 2.24) is 14.9 Å². The minimum Gasteiger partial charge on any atom is -0.482 e. The summed E-state index contributed by atoms with van der Waals surface area (Å²) in [5, 5.41) is 3.73. The first-order chi connectivity index (χ1) is 12.0. The van der Waals surface area contributed by atoms with Crippen molar-refractivity contribution in [1.29, 1.82) is 0 Å². The molecule has 25 heavy (non-hydrogen) atoms. The Balaban J connectivity index is 1.51. The Hall–Kier alpha value is -2.24. The Morgan fingerprint density at radius 2 is 2.04 bits per heavy atom. The molecule has 0 spiro atoms.